The molecule has 1 fully saturated rings. The highest BCUT2D eigenvalue weighted by Gasteiger charge is 2.30. The molecule has 1 aliphatic rings. The van der Waals surface area contributed by atoms with Crippen molar-refractivity contribution in [3.63, 3.8) is 0 Å². The van der Waals surface area contributed by atoms with Crippen LogP contribution in [0.15, 0.2) is 66.9 Å². The van der Waals surface area contributed by atoms with Crippen molar-refractivity contribution < 1.29 is 4.79 Å². The topological polar surface area (TPSA) is 51.0 Å². The Kier molecular flexibility index (Phi) is 4.78. The summed E-state index contributed by atoms with van der Waals surface area (Å²) in [5, 5.41) is 8.23. The van der Waals surface area contributed by atoms with E-state index in [4.69, 9.17) is 0 Å². The number of amides is 1. The first kappa shape index (κ1) is 16.5. The lowest BCUT2D eigenvalue weighted by molar-refractivity contribution is 0.0724. The van der Waals surface area contributed by atoms with E-state index in [1.54, 1.807) is 10.9 Å². The Morgan fingerprint density at radius 1 is 1.04 bits per heavy atom. The van der Waals surface area contributed by atoms with Crippen molar-refractivity contribution >= 4 is 5.91 Å². The Labute approximate surface area is 153 Å². The van der Waals surface area contributed by atoms with Crippen molar-refractivity contribution in [2.75, 3.05) is 6.54 Å². The third-order valence-electron chi connectivity index (χ3n) is 4.98. The number of carbonyl (C=O) groups is 1. The van der Waals surface area contributed by atoms with Gasteiger partial charge in [-0.2, -0.15) is 0 Å². The van der Waals surface area contributed by atoms with Crippen molar-refractivity contribution in [3.05, 3.63) is 78.1 Å². The summed E-state index contributed by atoms with van der Waals surface area (Å²) in [7, 11) is 0. The maximum atomic E-state index is 12.9. The third kappa shape index (κ3) is 3.52. The van der Waals surface area contributed by atoms with E-state index >= 15 is 0 Å². The number of para-hydroxylation sites is 1. The zero-order chi connectivity index (χ0) is 17.8. The van der Waals surface area contributed by atoms with E-state index in [-0.39, 0.29) is 11.9 Å². The second-order valence-electron chi connectivity index (χ2n) is 6.70. The molecule has 1 aliphatic heterocycles. The predicted molar refractivity (Wildman–Crippen MR) is 100 cm³/mol. The Bertz CT molecular complexity index is 860. The summed E-state index contributed by atoms with van der Waals surface area (Å²) in [6.45, 7) is 0.802. The highest BCUT2D eigenvalue weighted by atomic mass is 16.2. The van der Waals surface area contributed by atoms with Crippen molar-refractivity contribution in [3.8, 4) is 5.69 Å². The number of carbonyl (C=O) groups excluding carboxylic acids is 1. The molecule has 2 aromatic carbocycles. The Hall–Kier alpha value is -2.95. The number of nitrogens with zero attached hydrogens (tertiary/aromatic N) is 4. The van der Waals surface area contributed by atoms with Crippen LogP contribution in [0, 0.1) is 0 Å². The monoisotopic (exact) mass is 346 g/mol. The van der Waals surface area contributed by atoms with Crippen LogP contribution in [0.2, 0.25) is 0 Å². The van der Waals surface area contributed by atoms with Crippen LogP contribution in [0.3, 0.4) is 0 Å². The van der Waals surface area contributed by atoms with Crippen molar-refractivity contribution in [1.82, 2.24) is 19.9 Å². The molecule has 1 aromatic heterocycles. The van der Waals surface area contributed by atoms with E-state index in [1.165, 1.54) is 5.56 Å². The fraction of sp³-hybridized carbons (Fsp3) is 0.286. The van der Waals surface area contributed by atoms with Gasteiger partial charge in [0.05, 0.1) is 11.9 Å². The van der Waals surface area contributed by atoms with Crippen molar-refractivity contribution in [2.45, 2.75) is 31.7 Å². The fourth-order valence-corrected chi connectivity index (χ4v) is 3.60. The van der Waals surface area contributed by atoms with Crippen LogP contribution in [0.1, 0.15) is 35.3 Å². The van der Waals surface area contributed by atoms with E-state index in [0.29, 0.717) is 5.69 Å². The van der Waals surface area contributed by atoms with Crippen molar-refractivity contribution in [2.24, 2.45) is 0 Å². The molecule has 5 heteroatoms. The van der Waals surface area contributed by atoms with E-state index in [1.807, 2.05) is 41.3 Å². The fourth-order valence-electron chi connectivity index (χ4n) is 3.60. The smallest absolute Gasteiger partial charge is 0.276 e. The summed E-state index contributed by atoms with van der Waals surface area (Å²) in [5.74, 6) is -0.0113. The minimum absolute atomic E-state index is 0.0113. The zero-order valence-electron chi connectivity index (χ0n) is 14.7. The van der Waals surface area contributed by atoms with Crippen LogP contribution < -0.4 is 0 Å². The molecule has 0 spiro atoms. The minimum atomic E-state index is -0.0113. The van der Waals surface area contributed by atoms with Gasteiger partial charge in [-0.3, -0.25) is 4.79 Å². The van der Waals surface area contributed by atoms with Gasteiger partial charge in [-0.15, -0.1) is 5.10 Å². The van der Waals surface area contributed by atoms with Gasteiger partial charge in [0, 0.05) is 12.6 Å². The van der Waals surface area contributed by atoms with Crippen molar-refractivity contribution in [1.29, 1.82) is 0 Å². The molecule has 3 aromatic rings. The maximum absolute atomic E-state index is 12.9. The maximum Gasteiger partial charge on any atom is 0.276 e. The van der Waals surface area contributed by atoms with Gasteiger partial charge in [0.15, 0.2) is 5.69 Å². The van der Waals surface area contributed by atoms with Crippen LogP contribution >= 0.6 is 0 Å². The molecular weight excluding hydrogens is 324 g/mol. The second kappa shape index (κ2) is 7.52. The van der Waals surface area contributed by atoms with Gasteiger partial charge in [0.25, 0.3) is 5.91 Å². The summed E-state index contributed by atoms with van der Waals surface area (Å²) >= 11 is 0. The largest absolute Gasteiger partial charge is 0.334 e. The number of likely N-dealkylation sites (tertiary alicyclic amines) is 1. The van der Waals surface area contributed by atoms with Gasteiger partial charge in [0.2, 0.25) is 0 Å². The lowest BCUT2D eigenvalue weighted by Gasteiger charge is -2.23. The molecule has 0 radical (unpaired) electrons. The van der Waals surface area contributed by atoms with E-state index in [0.717, 1.165) is 37.9 Å². The van der Waals surface area contributed by atoms with Gasteiger partial charge in [-0.25, -0.2) is 4.68 Å². The standard InChI is InChI=1S/C21H22N4O/c26-21(20-16-25(23-22-20)19-10-5-2-6-11-19)24-15-7-12-18(24)14-13-17-8-3-1-4-9-17/h1-6,8-11,16,18H,7,12-15H2/t18-/m1/s1. The number of aromatic nitrogens is 3. The molecule has 26 heavy (non-hydrogen) atoms. The summed E-state index contributed by atoms with van der Waals surface area (Å²) in [5.41, 5.74) is 2.64. The summed E-state index contributed by atoms with van der Waals surface area (Å²) in [6, 6.07) is 20.5. The van der Waals surface area contributed by atoms with Crippen LogP contribution in [0.5, 0.6) is 0 Å². The highest BCUT2D eigenvalue weighted by molar-refractivity contribution is 5.92. The molecule has 1 saturated heterocycles. The summed E-state index contributed by atoms with van der Waals surface area (Å²) in [4.78, 5) is 14.9. The predicted octanol–water partition coefficient (Wildman–Crippen LogP) is 3.50. The van der Waals surface area contributed by atoms with E-state index < -0.39 is 0 Å². The molecule has 132 valence electrons. The second-order valence-corrected chi connectivity index (χ2v) is 6.70. The molecule has 5 nitrogen and oxygen atoms in total. The molecule has 0 bridgehead atoms. The Morgan fingerprint density at radius 3 is 2.54 bits per heavy atom. The molecule has 4 rings (SSSR count). The number of benzene rings is 2. The van der Waals surface area contributed by atoms with E-state index in [2.05, 4.69) is 34.6 Å². The quantitative estimate of drug-likeness (QED) is 0.710. The number of rotatable bonds is 5. The SMILES string of the molecule is O=C(c1cn(-c2ccccc2)nn1)N1CCC[C@@H]1CCc1ccccc1. The van der Waals surface area contributed by atoms with Crippen LogP contribution in [-0.4, -0.2) is 38.4 Å². The summed E-state index contributed by atoms with van der Waals surface area (Å²) < 4.78 is 1.66. The first-order valence-corrected chi connectivity index (χ1v) is 9.14. The first-order chi connectivity index (χ1) is 12.8. The average Bonchev–Trinajstić information content (AvgIpc) is 3.37. The molecule has 0 unspecified atom stereocenters. The van der Waals surface area contributed by atoms with Crippen LogP contribution in [0.4, 0.5) is 0 Å². The summed E-state index contributed by atoms with van der Waals surface area (Å²) in [6.07, 6.45) is 5.82. The third-order valence-corrected chi connectivity index (χ3v) is 4.98. The number of hydrogen-bond acceptors (Lipinski definition) is 3. The molecule has 1 amide bonds. The van der Waals surface area contributed by atoms with Gasteiger partial charge in [-0.05, 0) is 43.4 Å². The van der Waals surface area contributed by atoms with Gasteiger partial charge < -0.3 is 4.90 Å². The molecule has 2 heterocycles. The lowest BCUT2D eigenvalue weighted by Crippen LogP contribution is -2.36. The molecular formula is C21H22N4O. The van der Waals surface area contributed by atoms with Gasteiger partial charge in [-0.1, -0.05) is 53.7 Å². The minimum Gasteiger partial charge on any atom is -0.334 e. The van der Waals surface area contributed by atoms with Gasteiger partial charge >= 0.3 is 0 Å². The zero-order valence-corrected chi connectivity index (χ0v) is 14.7. The van der Waals surface area contributed by atoms with E-state index in [9.17, 15) is 4.79 Å². The van der Waals surface area contributed by atoms with Crippen LogP contribution in [0.25, 0.3) is 5.69 Å². The highest BCUT2D eigenvalue weighted by Crippen LogP contribution is 2.23. The molecule has 0 aliphatic carbocycles. The molecule has 0 N–H and O–H groups in total. The van der Waals surface area contributed by atoms with Gasteiger partial charge in [0.1, 0.15) is 0 Å². The Morgan fingerprint density at radius 2 is 1.77 bits per heavy atom. The Balaban J connectivity index is 1.44. The average molecular weight is 346 g/mol. The number of aryl methyl sites for hydroxylation is 1. The van der Waals surface area contributed by atoms with Crippen LogP contribution in [-0.2, 0) is 6.42 Å². The lowest BCUT2D eigenvalue weighted by atomic mass is 10.0. The first-order valence-electron chi connectivity index (χ1n) is 9.14. The normalized spacial score (nSPS) is 16.8. The number of hydrogen-bond donors (Lipinski definition) is 0. The molecule has 1 atom stereocenters. The molecule has 0 saturated carbocycles.